The first-order valence-electron chi connectivity index (χ1n) is 7.17. The number of nitrogens with one attached hydrogen (secondary N) is 1. The van der Waals surface area contributed by atoms with E-state index < -0.39 is 22.9 Å². The van der Waals surface area contributed by atoms with Gasteiger partial charge in [0.05, 0.1) is 17.3 Å². The van der Waals surface area contributed by atoms with Crippen molar-refractivity contribution in [3.8, 4) is 11.8 Å². The van der Waals surface area contributed by atoms with E-state index in [1.807, 2.05) is 6.07 Å². The Morgan fingerprint density at radius 3 is 2.65 bits per heavy atom. The third-order valence-corrected chi connectivity index (χ3v) is 3.42. The predicted octanol–water partition coefficient (Wildman–Crippen LogP) is -1.42. The fraction of sp³-hybridized carbons (Fsp3) is 0.143. The van der Waals surface area contributed by atoms with Gasteiger partial charge in [-0.05, 0) is 28.6 Å². The van der Waals surface area contributed by atoms with Crippen LogP contribution in [0.4, 0.5) is 5.95 Å². The second-order valence-corrected chi connectivity index (χ2v) is 5.14. The SMILES string of the molecule is Cn1nnnc1NC(=O)c1nn(C)c(=O)n(-c2cccc(C#N)c2)c1=O. The van der Waals surface area contributed by atoms with Crippen LogP contribution in [0, 0.1) is 11.3 Å². The second-order valence-electron chi connectivity index (χ2n) is 5.14. The summed E-state index contributed by atoms with van der Waals surface area (Å²) < 4.78 is 2.80. The Morgan fingerprint density at radius 2 is 2.00 bits per heavy atom. The molecule has 26 heavy (non-hydrogen) atoms. The maximum absolute atomic E-state index is 12.7. The predicted molar refractivity (Wildman–Crippen MR) is 86.5 cm³/mol. The van der Waals surface area contributed by atoms with E-state index in [4.69, 9.17) is 5.26 Å². The second kappa shape index (κ2) is 6.40. The summed E-state index contributed by atoms with van der Waals surface area (Å²) in [6, 6.07) is 7.79. The molecule has 2 heterocycles. The summed E-state index contributed by atoms with van der Waals surface area (Å²) >= 11 is 0. The van der Waals surface area contributed by atoms with Gasteiger partial charge in [-0.25, -0.2) is 18.7 Å². The number of anilines is 1. The lowest BCUT2D eigenvalue weighted by Crippen LogP contribution is -2.43. The van der Waals surface area contributed by atoms with Gasteiger partial charge in [-0.3, -0.25) is 14.9 Å². The van der Waals surface area contributed by atoms with Crippen molar-refractivity contribution < 1.29 is 4.79 Å². The molecular weight excluding hydrogens is 342 g/mol. The van der Waals surface area contributed by atoms with Crippen LogP contribution in [0.15, 0.2) is 33.9 Å². The van der Waals surface area contributed by atoms with Crippen molar-refractivity contribution in [1.29, 1.82) is 5.26 Å². The Labute approximate surface area is 144 Å². The minimum absolute atomic E-state index is 0.00285. The van der Waals surface area contributed by atoms with Crippen molar-refractivity contribution in [3.63, 3.8) is 0 Å². The highest BCUT2D eigenvalue weighted by Gasteiger charge is 2.21. The number of carbonyl (C=O) groups is 1. The molecule has 0 spiro atoms. The molecule has 12 nitrogen and oxygen atoms in total. The third kappa shape index (κ3) is 2.84. The highest BCUT2D eigenvalue weighted by atomic mass is 16.2. The summed E-state index contributed by atoms with van der Waals surface area (Å²) in [7, 11) is 2.79. The van der Waals surface area contributed by atoms with Gasteiger partial charge in [-0.2, -0.15) is 10.4 Å². The molecule has 1 amide bonds. The third-order valence-electron chi connectivity index (χ3n) is 3.42. The van der Waals surface area contributed by atoms with Crippen LogP contribution in [0.3, 0.4) is 0 Å². The molecule has 2 aromatic heterocycles. The van der Waals surface area contributed by atoms with E-state index in [0.717, 1.165) is 9.25 Å². The number of hydrogen-bond acceptors (Lipinski definition) is 8. The smallest absolute Gasteiger partial charge is 0.288 e. The first kappa shape index (κ1) is 16.7. The van der Waals surface area contributed by atoms with Crippen LogP contribution in [0.2, 0.25) is 0 Å². The van der Waals surface area contributed by atoms with Crippen molar-refractivity contribution >= 4 is 11.9 Å². The van der Waals surface area contributed by atoms with Crippen LogP contribution in [0.5, 0.6) is 0 Å². The average Bonchev–Trinajstić information content (AvgIpc) is 3.03. The van der Waals surface area contributed by atoms with Gasteiger partial charge < -0.3 is 0 Å². The van der Waals surface area contributed by atoms with Crippen molar-refractivity contribution in [3.05, 3.63) is 56.4 Å². The number of nitrogens with zero attached hydrogens (tertiary/aromatic N) is 8. The Morgan fingerprint density at radius 1 is 1.23 bits per heavy atom. The van der Waals surface area contributed by atoms with Crippen LogP contribution in [-0.4, -0.2) is 40.5 Å². The maximum atomic E-state index is 12.7. The fourth-order valence-corrected chi connectivity index (χ4v) is 2.15. The molecule has 130 valence electrons. The Bertz CT molecular complexity index is 1170. The number of carbonyl (C=O) groups excluding carboxylic acids is 1. The largest absolute Gasteiger partial charge is 0.351 e. The van der Waals surface area contributed by atoms with E-state index in [0.29, 0.717) is 0 Å². The van der Waals surface area contributed by atoms with Gasteiger partial charge in [0.15, 0.2) is 0 Å². The van der Waals surface area contributed by atoms with E-state index in [9.17, 15) is 14.4 Å². The molecule has 0 aliphatic rings. The summed E-state index contributed by atoms with van der Waals surface area (Å²) in [5.41, 5.74) is -1.83. The molecule has 3 aromatic rings. The van der Waals surface area contributed by atoms with Crippen LogP contribution >= 0.6 is 0 Å². The lowest BCUT2D eigenvalue weighted by atomic mass is 10.2. The number of benzene rings is 1. The number of hydrogen-bond donors (Lipinski definition) is 1. The zero-order valence-corrected chi connectivity index (χ0v) is 13.6. The molecule has 0 bridgehead atoms. The molecule has 0 radical (unpaired) electrons. The summed E-state index contributed by atoms with van der Waals surface area (Å²) in [5, 5.41) is 25.6. The molecule has 0 saturated carbocycles. The molecule has 0 unspecified atom stereocenters. The Hall–Kier alpha value is -4.14. The number of rotatable bonds is 3. The van der Waals surface area contributed by atoms with E-state index in [2.05, 4.69) is 25.9 Å². The fourth-order valence-electron chi connectivity index (χ4n) is 2.15. The van der Waals surface area contributed by atoms with E-state index in [1.165, 1.54) is 43.0 Å². The number of amides is 1. The van der Waals surface area contributed by atoms with Crippen molar-refractivity contribution in [2.75, 3.05) is 5.32 Å². The van der Waals surface area contributed by atoms with Crippen molar-refractivity contribution in [2.45, 2.75) is 0 Å². The van der Waals surface area contributed by atoms with E-state index in [1.54, 1.807) is 0 Å². The number of aromatic nitrogens is 7. The summed E-state index contributed by atoms with van der Waals surface area (Å²) in [6.07, 6.45) is 0. The van der Waals surface area contributed by atoms with Gasteiger partial charge in [-0.15, -0.1) is 0 Å². The summed E-state index contributed by atoms with van der Waals surface area (Å²) in [4.78, 5) is 37.4. The molecule has 0 aliphatic heterocycles. The van der Waals surface area contributed by atoms with Gasteiger partial charge in [0, 0.05) is 14.1 Å². The quantitative estimate of drug-likeness (QED) is 0.602. The highest BCUT2D eigenvalue weighted by molar-refractivity contribution is 6.01. The van der Waals surface area contributed by atoms with Crippen LogP contribution in [0.25, 0.3) is 5.69 Å². The van der Waals surface area contributed by atoms with Gasteiger partial charge in [0.1, 0.15) is 0 Å². The first-order valence-corrected chi connectivity index (χ1v) is 7.17. The lowest BCUT2D eigenvalue weighted by Gasteiger charge is -2.09. The van der Waals surface area contributed by atoms with E-state index >= 15 is 0 Å². The topological polar surface area (TPSA) is 153 Å². The summed E-state index contributed by atoms with van der Waals surface area (Å²) in [5.74, 6) is -0.878. The minimum Gasteiger partial charge on any atom is -0.288 e. The zero-order chi connectivity index (χ0) is 18.8. The van der Waals surface area contributed by atoms with Gasteiger partial charge in [-0.1, -0.05) is 11.2 Å². The molecule has 0 saturated heterocycles. The minimum atomic E-state index is -0.934. The standard InChI is InChI=1S/C14H11N9O3/c1-21-13(17-19-20-21)16-11(24)10-12(25)23(14(26)22(2)18-10)9-5-3-4-8(6-9)7-15/h3-6H,1-2H3,(H,16,17,20,24). The van der Waals surface area contributed by atoms with Gasteiger partial charge in [0.2, 0.25) is 11.6 Å². The average molecular weight is 353 g/mol. The number of nitriles is 1. The normalized spacial score (nSPS) is 10.3. The molecule has 0 fully saturated rings. The van der Waals surface area contributed by atoms with Crippen LogP contribution < -0.4 is 16.6 Å². The number of tetrazole rings is 1. The molecule has 0 atom stereocenters. The van der Waals surface area contributed by atoms with Gasteiger partial charge in [0.25, 0.3) is 11.5 Å². The van der Waals surface area contributed by atoms with Crippen LogP contribution in [-0.2, 0) is 14.1 Å². The van der Waals surface area contributed by atoms with Crippen LogP contribution in [0.1, 0.15) is 16.1 Å². The molecule has 1 N–H and O–H groups in total. The first-order chi connectivity index (χ1) is 12.4. The molecular formula is C14H11N9O3. The monoisotopic (exact) mass is 353 g/mol. The zero-order valence-electron chi connectivity index (χ0n) is 13.6. The van der Waals surface area contributed by atoms with E-state index in [-0.39, 0.29) is 17.2 Å². The lowest BCUT2D eigenvalue weighted by molar-refractivity contribution is 0.101. The number of aryl methyl sites for hydroxylation is 2. The molecule has 12 heteroatoms. The van der Waals surface area contributed by atoms with Gasteiger partial charge >= 0.3 is 5.69 Å². The maximum Gasteiger partial charge on any atom is 0.351 e. The van der Waals surface area contributed by atoms with Crippen molar-refractivity contribution in [1.82, 2.24) is 34.6 Å². The Balaban J connectivity index is 2.14. The van der Waals surface area contributed by atoms with Crippen molar-refractivity contribution in [2.24, 2.45) is 14.1 Å². The molecule has 1 aromatic carbocycles. The molecule has 0 aliphatic carbocycles. The highest BCUT2D eigenvalue weighted by Crippen LogP contribution is 2.06. The Kier molecular flexibility index (Phi) is 4.11. The summed E-state index contributed by atoms with van der Waals surface area (Å²) in [6.45, 7) is 0. The molecule has 3 rings (SSSR count).